The summed E-state index contributed by atoms with van der Waals surface area (Å²) in [6, 6.07) is 6.20. The molecule has 3 rings (SSSR count). The van der Waals surface area contributed by atoms with Gasteiger partial charge < -0.3 is 5.73 Å². The van der Waals surface area contributed by atoms with Crippen LogP contribution in [0, 0.1) is 0 Å². The Balaban J connectivity index is 2.00. The van der Waals surface area contributed by atoms with E-state index in [0.29, 0.717) is 5.25 Å². The van der Waals surface area contributed by atoms with Gasteiger partial charge in [0.25, 0.3) is 0 Å². The number of thioether (sulfide) groups is 1. The fourth-order valence-electron chi connectivity index (χ4n) is 2.64. The zero-order valence-electron chi connectivity index (χ0n) is 10.7. The van der Waals surface area contributed by atoms with Crippen molar-refractivity contribution in [3.63, 3.8) is 0 Å². The molecule has 2 aromatic rings. The zero-order valence-corrected chi connectivity index (χ0v) is 13.1. The third-order valence-corrected chi connectivity index (χ3v) is 5.63. The van der Waals surface area contributed by atoms with Crippen LogP contribution in [0.3, 0.4) is 0 Å². The number of halogens is 1. The number of aromatic nitrogens is 1. The van der Waals surface area contributed by atoms with E-state index in [9.17, 15) is 0 Å². The molecule has 100 valence electrons. The van der Waals surface area contributed by atoms with Crippen LogP contribution >= 0.6 is 27.7 Å². The zero-order chi connectivity index (χ0) is 13.2. The van der Waals surface area contributed by atoms with Crippen molar-refractivity contribution in [3.8, 4) is 0 Å². The Kier molecular flexibility index (Phi) is 3.99. The van der Waals surface area contributed by atoms with Crippen LogP contribution in [-0.4, -0.2) is 10.2 Å². The highest BCUT2D eigenvalue weighted by atomic mass is 79.9. The van der Waals surface area contributed by atoms with Gasteiger partial charge >= 0.3 is 0 Å². The number of pyridine rings is 1. The lowest BCUT2D eigenvalue weighted by Crippen LogP contribution is -2.08. The van der Waals surface area contributed by atoms with Crippen molar-refractivity contribution in [2.75, 3.05) is 5.73 Å². The van der Waals surface area contributed by atoms with Crippen LogP contribution in [-0.2, 0) is 0 Å². The van der Waals surface area contributed by atoms with Crippen molar-refractivity contribution in [2.45, 2.75) is 42.2 Å². The van der Waals surface area contributed by atoms with Gasteiger partial charge in [0.15, 0.2) is 0 Å². The summed E-state index contributed by atoms with van der Waals surface area (Å²) in [5.41, 5.74) is 7.99. The first-order valence-electron chi connectivity index (χ1n) is 6.74. The van der Waals surface area contributed by atoms with Gasteiger partial charge in [0.05, 0.1) is 17.4 Å². The first kappa shape index (κ1) is 13.3. The number of nitrogens with two attached hydrogens (primary N) is 1. The lowest BCUT2D eigenvalue weighted by atomic mass is 10.0. The van der Waals surface area contributed by atoms with E-state index >= 15 is 0 Å². The molecule has 4 heteroatoms. The molecular weight excluding hydrogens is 320 g/mol. The van der Waals surface area contributed by atoms with Crippen molar-refractivity contribution in [1.29, 1.82) is 0 Å². The molecule has 0 saturated heterocycles. The molecule has 2 N–H and O–H groups in total. The van der Waals surface area contributed by atoms with Gasteiger partial charge in [0.2, 0.25) is 0 Å². The minimum absolute atomic E-state index is 0.709. The van der Waals surface area contributed by atoms with Gasteiger partial charge in [-0.05, 0) is 31.0 Å². The molecule has 0 unspecified atom stereocenters. The molecule has 1 saturated carbocycles. The molecule has 1 aliphatic carbocycles. The number of anilines is 1. The van der Waals surface area contributed by atoms with Gasteiger partial charge in [-0.25, -0.2) is 0 Å². The summed E-state index contributed by atoms with van der Waals surface area (Å²) in [5.74, 6) is 0. The summed E-state index contributed by atoms with van der Waals surface area (Å²) in [4.78, 5) is 5.62. The van der Waals surface area contributed by atoms with Crippen LogP contribution < -0.4 is 5.73 Å². The molecule has 1 aliphatic rings. The Bertz CT molecular complexity index is 589. The summed E-state index contributed by atoms with van der Waals surface area (Å²) in [6.45, 7) is 0. The predicted octanol–water partition coefficient (Wildman–Crippen LogP) is 5.00. The van der Waals surface area contributed by atoms with E-state index in [0.717, 1.165) is 15.7 Å². The standard InChI is InChI=1S/C15H17BrN2S/c16-10-6-7-14-12(8-10)15(13(17)9-18-14)19-11-4-2-1-3-5-11/h6-9,11H,1-5,17H2. The number of nitrogen functional groups attached to an aromatic ring is 1. The maximum Gasteiger partial charge on any atom is 0.0715 e. The molecule has 2 nitrogen and oxygen atoms in total. The lowest BCUT2D eigenvalue weighted by molar-refractivity contribution is 0.516. The molecule has 0 radical (unpaired) electrons. The van der Waals surface area contributed by atoms with E-state index in [1.165, 1.54) is 42.4 Å². The number of hydrogen-bond donors (Lipinski definition) is 1. The minimum atomic E-state index is 0.709. The Morgan fingerprint density at radius 1 is 1.21 bits per heavy atom. The molecule has 1 aromatic carbocycles. The van der Waals surface area contributed by atoms with Crippen molar-refractivity contribution >= 4 is 44.3 Å². The number of rotatable bonds is 2. The van der Waals surface area contributed by atoms with Crippen molar-refractivity contribution in [2.24, 2.45) is 0 Å². The second-order valence-corrected chi connectivity index (χ2v) is 7.31. The van der Waals surface area contributed by atoms with E-state index in [1.54, 1.807) is 6.20 Å². The smallest absolute Gasteiger partial charge is 0.0715 e. The van der Waals surface area contributed by atoms with Gasteiger partial charge in [-0.3, -0.25) is 4.98 Å². The average molecular weight is 337 g/mol. The summed E-state index contributed by atoms with van der Waals surface area (Å²) < 4.78 is 1.08. The van der Waals surface area contributed by atoms with Crippen LogP contribution in [0.2, 0.25) is 0 Å². The maximum absolute atomic E-state index is 6.16. The van der Waals surface area contributed by atoms with E-state index in [1.807, 2.05) is 23.9 Å². The second kappa shape index (κ2) is 5.71. The molecule has 0 amide bonds. The van der Waals surface area contributed by atoms with Crippen LogP contribution in [0.1, 0.15) is 32.1 Å². The third-order valence-electron chi connectivity index (χ3n) is 3.64. The highest BCUT2D eigenvalue weighted by Gasteiger charge is 2.17. The minimum Gasteiger partial charge on any atom is -0.397 e. The summed E-state index contributed by atoms with van der Waals surface area (Å²) >= 11 is 5.48. The summed E-state index contributed by atoms with van der Waals surface area (Å²) in [6.07, 6.45) is 8.50. The molecule has 1 aromatic heterocycles. The van der Waals surface area contributed by atoms with Crippen molar-refractivity contribution in [3.05, 3.63) is 28.9 Å². The fraction of sp³-hybridized carbons (Fsp3) is 0.400. The van der Waals surface area contributed by atoms with Gasteiger partial charge in [0, 0.05) is 20.0 Å². The Labute approximate surface area is 126 Å². The fourth-order valence-corrected chi connectivity index (χ4v) is 4.38. The Morgan fingerprint density at radius 2 is 2.00 bits per heavy atom. The molecular formula is C15H17BrN2S. The average Bonchev–Trinajstić information content (AvgIpc) is 2.43. The summed E-state index contributed by atoms with van der Waals surface area (Å²) in [7, 11) is 0. The molecule has 0 spiro atoms. The molecule has 0 atom stereocenters. The van der Waals surface area contributed by atoms with E-state index in [4.69, 9.17) is 5.73 Å². The van der Waals surface area contributed by atoms with E-state index in [2.05, 4.69) is 27.0 Å². The highest BCUT2D eigenvalue weighted by Crippen LogP contribution is 2.40. The number of nitrogens with zero attached hydrogens (tertiary/aromatic N) is 1. The largest absolute Gasteiger partial charge is 0.397 e. The van der Waals surface area contributed by atoms with Crippen molar-refractivity contribution in [1.82, 2.24) is 4.98 Å². The SMILES string of the molecule is Nc1cnc2ccc(Br)cc2c1SC1CCCCC1. The van der Waals surface area contributed by atoms with Gasteiger partial charge in [-0.15, -0.1) is 11.8 Å². The molecule has 1 fully saturated rings. The summed E-state index contributed by atoms with van der Waals surface area (Å²) in [5, 5.41) is 1.88. The number of fused-ring (bicyclic) bond motifs is 1. The van der Waals surface area contributed by atoms with Crippen LogP contribution in [0.5, 0.6) is 0 Å². The topological polar surface area (TPSA) is 38.9 Å². The first-order valence-corrected chi connectivity index (χ1v) is 8.42. The van der Waals surface area contributed by atoms with Gasteiger partial charge in [-0.2, -0.15) is 0 Å². The van der Waals surface area contributed by atoms with Gasteiger partial charge in [0.1, 0.15) is 0 Å². The lowest BCUT2D eigenvalue weighted by Gasteiger charge is -2.22. The van der Waals surface area contributed by atoms with Crippen LogP contribution in [0.4, 0.5) is 5.69 Å². The van der Waals surface area contributed by atoms with Crippen molar-refractivity contribution < 1.29 is 0 Å². The first-order chi connectivity index (χ1) is 9.24. The van der Waals surface area contributed by atoms with Crippen LogP contribution in [0.15, 0.2) is 33.8 Å². The molecule has 0 bridgehead atoms. The van der Waals surface area contributed by atoms with E-state index in [-0.39, 0.29) is 0 Å². The molecule has 0 aliphatic heterocycles. The predicted molar refractivity (Wildman–Crippen MR) is 86.6 cm³/mol. The molecule has 1 heterocycles. The Hall–Kier alpha value is -0.740. The quantitative estimate of drug-likeness (QED) is 0.838. The van der Waals surface area contributed by atoms with Gasteiger partial charge in [-0.1, -0.05) is 35.2 Å². The monoisotopic (exact) mass is 336 g/mol. The normalized spacial score (nSPS) is 16.9. The number of benzene rings is 1. The molecule has 19 heavy (non-hydrogen) atoms. The highest BCUT2D eigenvalue weighted by molar-refractivity contribution is 9.10. The second-order valence-electron chi connectivity index (χ2n) is 5.08. The number of hydrogen-bond acceptors (Lipinski definition) is 3. The third kappa shape index (κ3) is 2.90. The Morgan fingerprint density at radius 3 is 2.79 bits per heavy atom. The van der Waals surface area contributed by atoms with Crippen LogP contribution in [0.25, 0.3) is 10.9 Å². The van der Waals surface area contributed by atoms with E-state index < -0.39 is 0 Å². The maximum atomic E-state index is 6.16.